The molecular formula is C17H13N3O5. The number of hydrogen-bond donors (Lipinski definition) is 2. The molecule has 3 N–H and O–H groups in total. The molecular weight excluding hydrogens is 326 g/mol. The Labute approximate surface area is 141 Å². The smallest absolute Gasteiger partial charge is 0.291 e. The third-order valence-electron chi connectivity index (χ3n) is 4.28. The van der Waals surface area contributed by atoms with E-state index in [1.807, 2.05) is 6.07 Å². The van der Waals surface area contributed by atoms with Crippen molar-refractivity contribution in [1.29, 1.82) is 5.26 Å². The van der Waals surface area contributed by atoms with Crippen LogP contribution in [0.2, 0.25) is 0 Å². The van der Waals surface area contributed by atoms with Gasteiger partial charge in [0.05, 0.1) is 17.2 Å². The SMILES string of the molecule is Cc1cc2c(c(=O)n1O)[C@@H](c1ccc3c(c1)OCO3)C(C#N)=C(N)O2. The molecule has 0 spiro atoms. The molecule has 1 aromatic carbocycles. The summed E-state index contributed by atoms with van der Waals surface area (Å²) in [6.07, 6.45) is 0. The second kappa shape index (κ2) is 5.21. The number of nitriles is 1. The lowest BCUT2D eigenvalue weighted by Gasteiger charge is -2.26. The van der Waals surface area contributed by atoms with Gasteiger partial charge in [-0.25, -0.2) is 0 Å². The topological polar surface area (TPSA) is 120 Å². The molecule has 2 aliphatic rings. The third kappa shape index (κ3) is 2.10. The van der Waals surface area contributed by atoms with Crippen molar-refractivity contribution < 1.29 is 19.4 Å². The molecule has 0 bridgehead atoms. The van der Waals surface area contributed by atoms with E-state index in [0.29, 0.717) is 27.5 Å². The van der Waals surface area contributed by atoms with Crippen LogP contribution in [-0.4, -0.2) is 16.7 Å². The summed E-state index contributed by atoms with van der Waals surface area (Å²) in [6.45, 7) is 1.66. The van der Waals surface area contributed by atoms with Gasteiger partial charge in [-0.1, -0.05) is 6.07 Å². The van der Waals surface area contributed by atoms with Crippen LogP contribution < -0.4 is 25.5 Å². The number of hydrogen-bond acceptors (Lipinski definition) is 7. The van der Waals surface area contributed by atoms with E-state index in [-0.39, 0.29) is 29.6 Å². The number of nitrogens with zero attached hydrogens (tertiary/aromatic N) is 2. The van der Waals surface area contributed by atoms with Gasteiger partial charge in [-0.2, -0.15) is 9.99 Å². The molecule has 0 aliphatic carbocycles. The van der Waals surface area contributed by atoms with Crippen molar-refractivity contribution in [2.24, 2.45) is 5.73 Å². The first-order valence-electron chi connectivity index (χ1n) is 7.44. The zero-order chi connectivity index (χ0) is 17.7. The lowest BCUT2D eigenvalue weighted by molar-refractivity contribution is 0.165. The van der Waals surface area contributed by atoms with E-state index in [9.17, 15) is 15.3 Å². The van der Waals surface area contributed by atoms with Crippen LogP contribution in [0.5, 0.6) is 17.2 Å². The van der Waals surface area contributed by atoms with Gasteiger partial charge in [0, 0.05) is 6.07 Å². The molecule has 3 heterocycles. The molecule has 0 radical (unpaired) electrons. The highest BCUT2D eigenvalue weighted by molar-refractivity contribution is 5.57. The number of allylic oxidation sites excluding steroid dienone is 1. The molecule has 1 atom stereocenters. The molecule has 0 unspecified atom stereocenters. The van der Waals surface area contributed by atoms with Gasteiger partial charge in [-0.05, 0) is 24.6 Å². The van der Waals surface area contributed by atoms with Gasteiger partial charge in [0.2, 0.25) is 12.7 Å². The van der Waals surface area contributed by atoms with E-state index >= 15 is 0 Å². The van der Waals surface area contributed by atoms with Crippen molar-refractivity contribution in [3.8, 4) is 23.3 Å². The Balaban J connectivity index is 1.99. The molecule has 8 heteroatoms. The fourth-order valence-corrected chi connectivity index (χ4v) is 3.06. The van der Waals surface area contributed by atoms with Gasteiger partial charge in [-0.15, -0.1) is 0 Å². The van der Waals surface area contributed by atoms with Crippen LogP contribution in [0.3, 0.4) is 0 Å². The second-order valence-corrected chi connectivity index (χ2v) is 5.72. The van der Waals surface area contributed by atoms with Crippen molar-refractivity contribution in [2.45, 2.75) is 12.8 Å². The van der Waals surface area contributed by atoms with E-state index in [1.165, 1.54) is 6.07 Å². The monoisotopic (exact) mass is 339 g/mol. The van der Waals surface area contributed by atoms with Crippen LogP contribution in [0.4, 0.5) is 0 Å². The lowest BCUT2D eigenvalue weighted by Crippen LogP contribution is -2.31. The maximum atomic E-state index is 12.6. The summed E-state index contributed by atoms with van der Waals surface area (Å²) >= 11 is 0. The number of aromatic nitrogens is 1. The average Bonchev–Trinajstić information content (AvgIpc) is 3.06. The lowest BCUT2D eigenvalue weighted by atomic mass is 9.84. The van der Waals surface area contributed by atoms with Gasteiger partial charge in [0.1, 0.15) is 17.4 Å². The van der Waals surface area contributed by atoms with Crippen molar-refractivity contribution in [3.05, 3.63) is 62.9 Å². The quantitative estimate of drug-likeness (QED) is 0.752. The largest absolute Gasteiger partial charge is 0.454 e. The standard InChI is InChI=1S/C17H13N3O5/c1-8-4-13-15(17(21)20(8)22)14(10(6-18)16(19)25-13)9-2-3-11-12(5-9)24-7-23-11/h2-5,14,22H,7,19H2,1H3/t14-/m0/s1. The highest BCUT2D eigenvalue weighted by atomic mass is 16.7. The molecule has 0 fully saturated rings. The first-order valence-corrected chi connectivity index (χ1v) is 7.44. The zero-order valence-electron chi connectivity index (χ0n) is 13.1. The van der Waals surface area contributed by atoms with Crippen LogP contribution in [0.1, 0.15) is 22.7 Å². The molecule has 4 rings (SSSR count). The number of benzene rings is 1. The van der Waals surface area contributed by atoms with E-state index in [1.54, 1.807) is 25.1 Å². The second-order valence-electron chi connectivity index (χ2n) is 5.72. The maximum absolute atomic E-state index is 12.6. The highest BCUT2D eigenvalue weighted by Crippen LogP contribution is 2.43. The first-order chi connectivity index (χ1) is 12.0. The minimum atomic E-state index is -0.783. The number of rotatable bonds is 1. The minimum Gasteiger partial charge on any atom is -0.454 e. The summed E-state index contributed by atoms with van der Waals surface area (Å²) in [6, 6.07) is 8.61. The Morgan fingerprint density at radius 1 is 1.28 bits per heavy atom. The molecule has 2 aromatic rings. The number of pyridine rings is 1. The normalized spacial score (nSPS) is 17.7. The number of aryl methyl sites for hydroxylation is 1. The summed E-state index contributed by atoms with van der Waals surface area (Å²) in [7, 11) is 0. The molecule has 1 aromatic heterocycles. The van der Waals surface area contributed by atoms with Crippen LogP contribution in [0, 0.1) is 18.3 Å². The van der Waals surface area contributed by atoms with Crippen LogP contribution in [-0.2, 0) is 0 Å². The predicted octanol–water partition coefficient (Wildman–Crippen LogP) is 1.34. The van der Waals surface area contributed by atoms with Crippen molar-refractivity contribution >= 4 is 0 Å². The van der Waals surface area contributed by atoms with Crippen LogP contribution in [0.15, 0.2) is 40.5 Å². The molecule has 25 heavy (non-hydrogen) atoms. The number of ether oxygens (including phenoxy) is 3. The van der Waals surface area contributed by atoms with Crippen molar-refractivity contribution in [3.63, 3.8) is 0 Å². The molecule has 0 saturated carbocycles. The summed E-state index contributed by atoms with van der Waals surface area (Å²) < 4.78 is 16.6. The van der Waals surface area contributed by atoms with E-state index in [0.717, 1.165) is 0 Å². The fraction of sp³-hybridized carbons (Fsp3) is 0.176. The fourth-order valence-electron chi connectivity index (χ4n) is 3.06. The Hall–Kier alpha value is -3.60. The molecule has 2 aliphatic heterocycles. The minimum absolute atomic E-state index is 0.0767. The Bertz CT molecular complexity index is 1030. The van der Waals surface area contributed by atoms with Gasteiger partial charge < -0.3 is 25.2 Å². The van der Waals surface area contributed by atoms with Gasteiger partial charge >= 0.3 is 0 Å². The first kappa shape index (κ1) is 15.0. The predicted molar refractivity (Wildman–Crippen MR) is 84.5 cm³/mol. The average molecular weight is 339 g/mol. The van der Waals surface area contributed by atoms with Gasteiger partial charge in [-0.3, -0.25) is 4.79 Å². The van der Waals surface area contributed by atoms with E-state index in [4.69, 9.17) is 19.9 Å². The summed E-state index contributed by atoms with van der Waals surface area (Å²) in [5.41, 5.74) is 6.35. The molecule has 126 valence electrons. The van der Waals surface area contributed by atoms with E-state index in [2.05, 4.69) is 0 Å². The van der Waals surface area contributed by atoms with Crippen LogP contribution >= 0.6 is 0 Å². The third-order valence-corrected chi connectivity index (χ3v) is 4.28. The van der Waals surface area contributed by atoms with E-state index < -0.39 is 11.5 Å². The summed E-state index contributed by atoms with van der Waals surface area (Å²) in [5.74, 6) is 0.446. The Kier molecular flexibility index (Phi) is 3.12. The van der Waals surface area contributed by atoms with Crippen molar-refractivity contribution in [2.75, 3.05) is 6.79 Å². The Morgan fingerprint density at radius 3 is 2.80 bits per heavy atom. The highest BCUT2D eigenvalue weighted by Gasteiger charge is 2.35. The number of nitrogens with two attached hydrogens (primary N) is 1. The molecule has 0 saturated heterocycles. The number of fused-ring (bicyclic) bond motifs is 2. The zero-order valence-corrected chi connectivity index (χ0v) is 13.1. The molecule has 8 nitrogen and oxygen atoms in total. The van der Waals surface area contributed by atoms with Gasteiger partial charge in [0.25, 0.3) is 5.56 Å². The summed E-state index contributed by atoms with van der Waals surface area (Å²) in [5, 5.41) is 19.5. The van der Waals surface area contributed by atoms with Crippen molar-refractivity contribution in [1.82, 2.24) is 4.73 Å². The van der Waals surface area contributed by atoms with Crippen LogP contribution in [0.25, 0.3) is 0 Å². The summed E-state index contributed by atoms with van der Waals surface area (Å²) in [4.78, 5) is 12.6. The Morgan fingerprint density at radius 2 is 2.04 bits per heavy atom. The maximum Gasteiger partial charge on any atom is 0.291 e. The molecule has 0 amide bonds. The van der Waals surface area contributed by atoms with Gasteiger partial charge in [0.15, 0.2) is 11.5 Å².